The first kappa shape index (κ1) is 19.6. The van der Waals surface area contributed by atoms with Gasteiger partial charge in [-0.3, -0.25) is 4.79 Å². The maximum Gasteiger partial charge on any atom is 0.410 e. The smallest absolute Gasteiger partial charge is 0.410 e. The van der Waals surface area contributed by atoms with Crippen molar-refractivity contribution in [2.45, 2.75) is 24.7 Å². The van der Waals surface area contributed by atoms with E-state index in [-0.39, 0.29) is 23.7 Å². The van der Waals surface area contributed by atoms with Crippen LogP contribution in [0.3, 0.4) is 0 Å². The molecule has 1 amide bonds. The van der Waals surface area contributed by atoms with Gasteiger partial charge < -0.3 is 19.7 Å². The minimum absolute atomic E-state index is 0.0860. The van der Waals surface area contributed by atoms with Crippen molar-refractivity contribution in [1.82, 2.24) is 14.7 Å². The molecule has 0 radical (unpaired) electrons. The summed E-state index contributed by atoms with van der Waals surface area (Å²) in [6.07, 6.45) is -3.53. The number of amides is 1. The average Bonchev–Trinajstić information content (AvgIpc) is 3.16. The maximum absolute atomic E-state index is 13.8. The van der Waals surface area contributed by atoms with Crippen LogP contribution in [0.4, 0.5) is 19.0 Å². The Hall–Kier alpha value is -2.75. The fraction of sp³-hybridized carbons (Fsp3) is 0.474. The molecule has 29 heavy (non-hydrogen) atoms. The second kappa shape index (κ2) is 7.58. The molecule has 156 valence electrons. The lowest BCUT2D eigenvalue weighted by Crippen LogP contribution is -2.41. The number of alkyl halides is 3. The second-order valence-electron chi connectivity index (χ2n) is 7.02. The number of nitrogens with zero attached hydrogens (tertiary/aromatic N) is 3. The minimum Gasteiger partial charge on any atom is -0.497 e. The van der Waals surface area contributed by atoms with Gasteiger partial charge in [0.05, 0.1) is 32.6 Å². The van der Waals surface area contributed by atoms with Crippen LogP contribution in [0.5, 0.6) is 5.75 Å². The number of hydrogen-bond acceptors (Lipinski definition) is 5. The van der Waals surface area contributed by atoms with Crippen LogP contribution in [0.15, 0.2) is 30.5 Å². The molecule has 1 fully saturated rings. The molecule has 10 heteroatoms. The Labute approximate surface area is 165 Å². The molecular weight excluding hydrogens is 389 g/mol. The fourth-order valence-corrected chi connectivity index (χ4v) is 3.73. The highest BCUT2D eigenvalue weighted by atomic mass is 19.4. The van der Waals surface area contributed by atoms with Gasteiger partial charge in [-0.2, -0.15) is 18.3 Å². The molecule has 1 aromatic heterocycles. The Morgan fingerprint density at radius 3 is 2.76 bits per heavy atom. The lowest BCUT2D eigenvalue weighted by Gasteiger charge is -2.34. The van der Waals surface area contributed by atoms with E-state index in [1.807, 2.05) is 0 Å². The molecule has 2 aliphatic rings. The van der Waals surface area contributed by atoms with Gasteiger partial charge in [-0.05, 0) is 17.7 Å². The van der Waals surface area contributed by atoms with Crippen LogP contribution in [0, 0.1) is 0 Å². The molecule has 1 N–H and O–H groups in total. The van der Waals surface area contributed by atoms with Gasteiger partial charge in [-0.15, -0.1) is 0 Å². The van der Waals surface area contributed by atoms with Crippen LogP contribution in [0.1, 0.15) is 34.4 Å². The lowest BCUT2D eigenvalue weighted by molar-refractivity contribution is -0.173. The topological polar surface area (TPSA) is 68.6 Å². The first-order valence-electron chi connectivity index (χ1n) is 9.30. The van der Waals surface area contributed by atoms with Crippen LogP contribution in [0.2, 0.25) is 0 Å². The summed E-state index contributed by atoms with van der Waals surface area (Å²) < 4.78 is 52.7. The van der Waals surface area contributed by atoms with Gasteiger partial charge in [0.25, 0.3) is 5.91 Å². The van der Waals surface area contributed by atoms with Crippen molar-refractivity contribution < 1.29 is 27.4 Å². The summed E-state index contributed by atoms with van der Waals surface area (Å²) in [6.45, 7) is 1.59. The molecule has 0 bridgehead atoms. The van der Waals surface area contributed by atoms with E-state index in [0.717, 1.165) is 4.68 Å². The monoisotopic (exact) mass is 410 g/mol. The number of anilines is 1. The summed E-state index contributed by atoms with van der Waals surface area (Å²) >= 11 is 0. The molecule has 0 saturated carbocycles. The summed E-state index contributed by atoms with van der Waals surface area (Å²) in [7, 11) is 1.50. The summed E-state index contributed by atoms with van der Waals surface area (Å²) in [4.78, 5) is 14.5. The first-order valence-corrected chi connectivity index (χ1v) is 9.30. The van der Waals surface area contributed by atoms with Crippen molar-refractivity contribution in [3.05, 3.63) is 41.6 Å². The number of halogens is 3. The standard InChI is InChI=1S/C19H21F3N4O3/c1-28-13-4-2-3-12(9-13)15-10-16(19(20,21)22)26-17(24-15)14(11-23-26)18(27)25-5-7-29-8-6-25/h2-4,9,11,15-16,24H,5-8,10H2,1H3/t15-,16+/m0/s1. The third-order valence-corrected chi connectivity index (χ3v) is 5.26. The van der Waals surface area contributed by atoms with Crippen LogP contribution >= 0.6 is 0 Å². The number of nitrogens with one attached hydrogen (secondary N) is 1. The molecule has 1 saturated heterocycles. The summed E-state index contributed by atoms with van der Waals surface area (Å²) in [5.41, 5.74) is 0.782. The SMILES string of the molecule is COc1cccc([C@@H]2C[C@H](C(F)(F)F)n3ncc(C(=O)N4CCOCC4)c3N2)c1. The fourth-order valence-electron chi connectivity index (χ4n) is 3.73. The van der Waals surface area contributed by atoms with E-state index in [9.17, 15) is 18.0 Å². The Kier molecular flexibility index (Phi) is 5.12. The number of rotatable bonds is 3. The highest BCUT2D eigenvalue weighted by Gasteiger charge is 2.47. The molecule has 0 aliphatic carbocycles. The maximum atomic E-state index is 13.8. The lowest BCUT2D eigenvalue weighted by atomic mass is 9.96. The van der Waals surface area contributed by atoms with Crippen LogP contribution in [-0.4, -0.2) is 60.2 Å². The van der Waals surface area contributed by atoms with Gasteiger partial charge in [0, 0.05) is 19.5 Å². The quantitative estimate of drug-likeness (QED) is 0.843. The number of hydrogen-bond donors (Lipinski definition) is 1. The second-order valence-corrected chi connectivity index (χ2v) is 7.02. The third kappa shape index (κ3) is 3.76. The van der Waals surface area contributed by atoms with Crippen LogP contribution in [-0.2, 0) is 4.74 Å². The number of aromatic nitrogens is 2. The Balaban J connectivity index is 1.71. The number of morpholine rings is 1. The number of ether oxygens (including phenoxy) is 2. The van der Waals surface area contributed by atoms with E-state index >= 15 is 0 Å². The van der Waals surface area contributed by atoms with Crippen molar-refractivity contribution in [2.24, 2.45) is 0 Å². The van der Waals surface area contributed by atoms with E-state index < -0.39 is 18.3 Å². The number of methoxy groups -OCH3 is 1. The number of carbonyl (C=O) groups is 1. The number of fused-ring (bicyclic) bond motifs is 1. The molecule has 2 aliphatic heterocycles. The van der Waals surface area contributed by atoms with Crippen molar-refractivity contribution in [2.75, 3.05) is 38.7 Å². The molecule has 7 nitrogen and oxygen atoms in total. The predicted molar refractivity (Wildman–Crippen MR) is 98.0 cm³/mol. The highest BCUT2D eigenvalue weighted by molar-refractivity contribution is 5.99. The Morgan fingerprint density at radius 1 is 1.31 bits per heavy atom. The van der Waals surface area contributed by atoms with Gasteiger partial charge in [0.15, 0.2) is 6.04 Å². The zero-order valence-corrected chi connectivity index (χ0v) is 15.8. The molecule has 2 aromatic rings. The van der Waals surface area contributed by atoms with Gasteiger partial charge in [-0.25, -0.2) is 4.68 Å². The zero-order chi connectivity index (χ0) is 20.6. The van der Waals surface area contributed by atoms with Crippen molar-refractivity contribution >= 4 is 11.7 Å². The van der Waals surface area contributed by atoms with Crippen molar-refractivity contribution in [3.63, 3.8) is 0 Å². The predicted octanol–water partition coefficient (Wildman–Crippen LogP) is 3.02. The molecular formula is C19H21F3N4O3. The zero-order valence-electron chi connectivity index (χ0n) is 15.8. The first-order chi connectivity index (χ1) is 13.9. The largest absolute Gasteiger partial charge is 0.497 e. The molecule has 3 heterocycles. The molecule has 2 atom stereocenters. The number of carbonyl (C=O) groups excluding carboxylic acids is 1. The minimum atomic E-state index is -4.50. The Morgan fingerprint density at radius 2 is 2.07 bits per heavy atom. The normalized spacial score (nSPS) is 22.0. The van der Waals surface area contributed by atoms with E-state index in [4.69, 9.17) is 9.47 Å². The molecule has 0 spiro atoms. The summed E-state index contributed by atoms with van der Waals surface area (Å²) in [6, 6.07) is 4.41. The van der Waals surface area contributed by atoms with E-state index in [1.54, 1.807) is 29.2 Å². The van der Waals surface area contributed by atoms with E-state index in [2.05, 4.69) is 10.4 Å². The molecule has 4 rings (SSSR count). The molecule has 0 unspecified atom stereocenters. The van der Waals surface area contributed by atoms with Crippen LogP contribution in [0.25, 0.3) is 0 Å². The number of benzene rings is 1. The van der Waals surface area contributed by atoms with Gasteiger partial charge >= 0.3 is 6.18 Å². The van der Waals surface area contributed by atoms with Crippen molar-refractivity contribution in [1.29, 1.82) is 0 Å². The van der Waals surface area contributed by atoms with Gasteiger partial charge in [0.2, 0.25) is 0 Å². The van der Waals surface area contributed by atoms with Gasteiger partial charge in [-0.1, -0.05) is 12.1 Å². The third-order valence-electron chi connectivity index (χ3n) is 5.26. The van der Waals surface area contributed by atoms with E-state index in [0.29, 0.717) is 37.6 Å². The molecule has 1 aromatic carbocycles. The average molecular weight is 410 g/mol. The van der Waals surface area contributed by atoms with E-state index in [1.165, 1.54) is 13.3 Å². The van der Waals surface area contributed by atoms with Crippen LogP contribution < -0.4 is 10.1 Å². The Bertz CT molecular complexity index is 893. The summed E-state index contributed by atoms with van der Waals surface area (Å²) in [5, 5.41) is 7.01. The van der Waals surface area contributed by atoms with Crippen molar-refractivity contribution in [3.8, 4) is 5.75 Å². The highest BCUT2D eigenvalue weighted by Crippen LogP contribution is 2.44. The van der Waals surface area contributed by atoms with Gasteiger partial charge in [0.1, 0.15) is 17.1 Å². The summed E-state index contributed by atoms with van der Waals surface area (Å²) in [5.74, 6) is 0.286.